The molecular formula is C9H8F2O2. The zero-order chi connectivity index (χ0) is 10.0. The molecule has 0 aliphatic carbocycles. The van der Waals surface area contributed by atoms with Gasteiger partial charge in [0.05, 0.1) is 11.7 Å². The van der Waals surface area contributed by atoms with E-state index in [1.807, 2.05) is 0 Å². The van der Waals surface area contributed by atoms with Gasteiger partial charge in [-0.2, -0.15) is 0 Å². The molecule has 0 fully saturated rings. The first-order chi connectivity index (χ1) is 6.07. The highest BCUT2D eigenvalue weighted by atomic mass is 19.2. The first-order valence-electron chi connectivity index (χ1n) is 3.69. The molecule has 0 bridgehead atoms. The van der Waals surface area contributed by atoms with Crippen molar-refractivity contribution in [3.63, 3.8) is 0 Å². The molecule has 1 rings (SSSR count). The van der Waals surface area contributed by atoms with Crippen LogP contribution in [0.5, 0.6) is 0 Å². The predicted molar refractivity (Wildman–Crippen MR) is 42.4 cm³/mol. The van der Waals surface area contributed by atoms with Crippen LogP contribution in [0.25, 0.3) is 0 Å². The summed E-state index contributed by atoms with van der Waals surface area (Å²) in [5, 5.41) is 9.00. The third-order valence-electron chi connectivity index (χ3n) is 1.72. The summed E-state index contributed by atoms with van der Waals surface area (Å²) in [6.45, 7) is 1.32. The molecule has 0 saturated heterocycles. The second-order valence-electron chi connectivity index (χ2n) is 2.67. The molecule has 1 aromatic rings. The Labute approximate surface area is 73.8 Å². The molecule has 1 unspecified atom stereocenters. The van der Waals surface area contributed by atoms with Gasteiger partial charge in [-0.3, -0.25) is 4.79 Å². The van der Waals surface area contributed by atoms with Gasteiger partial charge in [0.15, 0.2) is 17.9 Å². The Morgan fingerprint density at radius 1 is 1.38 bits per heavy atom. The number of aldehydes is 1. The molecule has 1 atom stereocenters. The van der Waals surface area contributed by atoms with Crippen molar-refractivity contribution in [3.05, 3.63) is 34.9 Å². The highest BCUT2D eigenvalue weighted by molar-refractivity contribution is 5.75. The van der Waals surface area contributed by atoms with Crippen LogP contribution in [0.3, 0.4) is 0 Å². The van der Waals surface area contributed by atoms with Gasteiger partial charge in [-0.15, -0.1) is 0 Å². The van der Waals surface area contributed by atoms with Gasteiger partial charge in [-0.05, 0) is 13.0 Å². The Kier molecular flexibility index (Phi) is 2.72. The van der Waals surface area contributed by atoms with E-state index >= 15 is 0 Å². The molecule has 0 aromatic heterocycles. The Bertz CT molecular complexity index is 335. The number of carbonyl (C=O) groups is 1. The van der Waals surface area contributed by atoms with Gasteiger partial charge in [0.1, 0.15) is 0 Å². The molecule has 13 heavy (non-hydrogen) atoms. The van der Waals surface area contributed by atoms with Gasteiger partial charge in [0, 0.05) is 5.56 Å². The van der Waals surface area contributed by atoms with Gasteiger partial charge in [0.25, 0.3) is 0 Å². The predicted octanol–water partition coefficient (Wildman–Crippen LogP) is 1.83. The normalized spacial score (nSPS) is 12.6. The van der Waals surface area contributed by atoms with Gasteiger partial charge in [-0.25, -0.2) is 8.78 Å². The summed E-state index contributed by atoms with van der Waals surface area (Å²) in [6.07, 6.45) is -0.861. The molecule has 70 valence electrons. The monoisotopic (exact) mass is 186 g/mol. The largest absolute Gasteiger partial charge is 0.389 e. The van der Waals surface area contributed by atoms with Gasteiger partial charge in [0.2, 0.25) is 0 Å². The zero-order valence-corrected chi connectivity index (χ0v) is 6.92. The Balaban J connectivity index is 3.31. The smallest absolute Gasteiger partial charge is 0.169 e. The lowest BCUT2D eigenvalue weighted by Gasteiger charge is -2.07. The van der Waals surface area contributed by atoms with Crippen molar-refractivity contribution in [3.8, 4) is 0 Å². The minimum atomic E-state index is -1.21. The Hall–Kier alpha value is -1.29. The summed E-state index contributed by atoms with van der Waals surface area (Å²) >= 11 is 0. The third kappa shape index (κ3) is 1.72. The summed E-state index contributed by atoms with van der Waals surface area (Å²) in [5.74, 6) is -2.38. The lowest BCUT2D eigenvalue weighted by atomic mass is 10.1. The molecule has 0 aliphatic rings. The van der Waals surface area contributed by atoms with E-state index in [0.29, 0.717) is 0 Å². The highest BCUT2D eigenvalue weighted by Crippen LogP contribution is 2.20. The molecule has 0 saturated carbocycles. The van der Waals surface area contributed by atoms with E-state index in [9.17, 15) is 13.6 Å². The number of hydrogen-bond donors (Lipinski definition) is 1. The molecule has 0 spiro atoms. The molecule has 0 radical (unpaired) electrons. The van der Waals surface area contributed by atoms with Crippen molar-refractivity contribution in [1.29, 1.82) is 0 Å². The second kappa shape index (κ2) is 3.62. The first-order valence-corrected chi connectivity index (χ1v) is 3.69. The molecule has 4 heteroatoms. The van der Waals surface area contributed by atoms with E-state index in [-0.39, 0.29) is 17.4 Å². The number of aliphatic hydroxyl groups is 1. The number of carbonyl (C=O) groups excluding carboxylic acids is 1. The first kappa shape index (κ1) is 9.80. The summed E-state index contributed by atoms with van der Waals surface area (Å²) in [5.41, 5.74) is -0.495. The summed E-state index contributed by atoms with van der Waals surface area (Å²) < 4.78 is 25.9. The van der Waals surface area contributed by atoms with E-state index in [2.05, 4.69) is 0 Å². The van der Waals surface area contributed by atoms with Crippen LogP contribution >= 0.6 is 0 Å². The molecule has 1 aromatic carbocycles. The quantitative estimate of drug-likeness (QED) is 0.715. The van der Waals surface area contributed by atoms with Crippen molar-refractivity contribution in [2.24, 2.45) is 0 Å². The lowest BCUT2D eigenvalue weighted by Crippen LogP contribution is -2.01. The molecule has 0 amide bonds. The molecule has 0 heterocycles. The summed E-state index contributed by atoms with van der Waals surface area (Å²) in [7, 11) is 0. The van der Waals surface area contributed by atoms with Crippen LogP contribution in [-0.4, -0.2) is 11.4 Å². The topological polar surface area (TPSA) is 37.3 Å². The van der Waals surface area contributed by atoms with Crippen LogP contribution in [0.2, 0.25) is 0 Å². The van der Waals surface area contributed by atoms with E-state index in [4.69, 9.17) is 5.11 Å². The molecule has 0 aliphatic heterocycles. The second-order valence-corrected chi connectivity index (χ2v) is 2.67. The minimum Gasteiger partial charge on any atom is -0.389 e. The van der Waals surface area contributed by atoms with Crippen LogP contribution < -0.4 is 0 Å². The average molecular weight is 186 g/mol. The van der Waals surface area contributed by atoms with E-state index in [0.717, 1.165) is 6.07 Å². The number of aliphatic hydroxyl groups excluding tert-OH is 1. The summed E-state index contributed by atoms with van der Waals surface area (Å²) in [4.78, 5) is 10.2. The van der Waals surface area contributed by atoms with Crippen LogP contribution in [0, 0.1) is 11.6 Å². The maximum absolute atomic E-state index is 13.0. The Morgan fingerprint density at radius 3 is 2.46 bits per heavy atom. The zero-order valence-electron chi connectivity index (χ0n) is 6.92. The van der Waals surface area contributed by atoms with Crippen LogP contribution in [0.4, 0.5) is 8.78 Å². The fourth-order valence-corrected chi connectivity index (χ4v) is 0.993. The lowest BCUT2D eigenvalue weighted by molar-refractivity contribution is 0.111. The average Bonchev–Trinajstić information content (AvgIpc) is 2.09. The van der Waals surface area contributed by atoms with Gasteiger partial charge >= 0.3 is 0 Å². The maximum Gasteiger partial charge on any atom is 0.169 e. The molecule has 2 nitrogen and oxygen atoms in total. The van der Waals surface area contributed by atoms with Crippen molar-refractivity contribution < 1.29 is 18.7 Å². The fraction of sp³-hybridized carbons (Fsp3) is 0.222. The van der Waals surface area contributed by atoms with E-state index < -0.39 is 17.7 Å². The highest BCUT2D eigenvalue weighted by Gasteiger charge is 2.15. The number of halogens is 2. The van der Waals surface area contributed by atoms with Gasteiger partial charge < -0.3 is 5.11 Å². The fourth-order valence-electron chi connectivity index (χ4n) is 0.993. The number of rotatable bonds is 2. The van der Waals surface area contributed by atoms with Crippen molar-refractivity contribution in [1.82, 2.24) is 0 Å². The number of hydrogen-bond acceptors (Lipinski definition) is 2. The Morgan fingerprint density at radius 2 is 2.00 bits per heavy atom. The molecular weight excluding hydrogens is 178 g/mol. The standard InChI is InChI=1S/C9H8F2O2/c1-5(13)7-3-2-6(4-12)8(10)9(7)11/h2-5,13H,1H3. The SMILES string of the molecule is CC(O)c1ccc(C=O)c(F)c1F. The van der Waals surface area contributed by atoms with Crippen molar-refractivity contribution >= 4 is 6.29 Å². The van der Waals surface area contributed by atoms with Crippen molar-refractivity contribution in [2.45, 2.75) is 13.0 Å². The maximum atomic E-state index is 13.0. The van der Waals surface area contributed by atoms with E-state index in [1.165, 1.54) is 13.0 Å². The summed E-state index contributed by atoms with van der Waals surface area (Å²) in [6, 6.07) is 2.32. The van der Waals surface area contributed by atoms with Crippen molar-refractivity contribution in [2.75, 3.05) is 0 Å². The van der Waals surface area contributed by atoms with Crippen LogP contribution in [0.15, 0.2) is 12.1 Å². The van der Waals surface area contributed by atoms with Crippen LogP contribution in [-0.2, 0) is 0 Å². The van der Waals surface area contributed by atoms with Crippen LogP contribution in [0.1, 0.15) is 28.9 Å². The number of benzene rings is 1. The third-order valence-corrected chi connectivity index (χ3v) is 1.72. The molecule has 1 N–H and O–H groups in total. The van der Waals surface area contributed by atoms with Gasteiger partial charge in [-0.1, -0.05) is 6.07 Å². The van der Waals surface area contributed by atoms with E-state index in [1.54, 1.807) is 0 Å². The minimum absolute atomic E-state index is 0.150.